The minimum absolute atomic E-state index is 0.301. The van der Waals surface area contributed by atoms with E-state index >= 15 is 0 Å². The first-order valence-electron chi connectivity index (χ1n) is 8.89. The van der Waals surface area contributed by atoms with Gasteiger partial charge in [0.05, 0.1) is 17.9 Å². The zero-order chi connectivity index (χ0) is 18.8. The van der Waals surface area contributed by atoms with E-state index in [9.17, 15) is 4.79 Å². The van der Waals surface area contributed by atoms with Crippen molar-refractivity contribution in [3.63, 3.8) is 0 Å². The zero-order valence-corrected chi connectivity index (χ0v) is 15.2. The fourth-order valence-corrected chi connectivity index (χ4v) is 3.28. The van der Waals surface area contributed by atoms with Crippen LogP contribution in [0, 0.1) is 6.92 Å². The number of benzene rings is 2. The molecule has 0 fully saturated rings. The summed E-state index contributed by atoms with van der Waals surface area (Å²) in [7, 11) is 0. The van der Waals surface area contributed by atoms with Crippen molar-refractivity contribution in [3.05, 3.63) is 83.2 Å². The van der Waals surface area contributed by atoms with Crippen molar-refractivity contribution < 1.29 is 9.53 Å². The lowest BCUT2D eigenvalue weighted by atomic mass is 9.92. The second kappa shape index (κ2) is 7.07. The Bertz CT molecular complexity index is 991. The fourth-order valence-electron chi connectivity index (χ4n) is 3.28. The third-order valence-electron chi connectivity index (χ3n) is 4.55. The number of nitrogens with one attached hydrogen (secondary N) is 1. The standard InChI is InChI=1S/C21H20N4O2/c1-3-27-20(26)17-18(15-7-5-4-6-8-15)24-21-22-13-23-25(21)19(17)16-11-9-14(2)10-12-16/h4-13,19H,3H2,1-2H3,(H,22,23,24)/t19-/m0/s1. The number of aryl methyl sites for hydroxylation is 1. The Morgan fingerprint density at radius 1 is 1.15 bits per heavy atom. The molecule has 0 saturated carbocycles. The number of aromatic nitrogens is 3. The molecule has 6 heteroatoms. The second-order valence-electron chi connectivity index (χ2n) is 6.34. The number of hydrogen-bond acceptors (Lipinski definition) is 5. The highest BCUT2D eigenvalue weighted by Crippen LogP contribution is 2.38. The fraction of sp³-hybridized carbons (Fsp3) is 0.190. The SMILES string of the molecule is CCOC(=O)C1=C(c2ccccc2)Nc2ncnn2[C@H]1c1ccc(C)cc1. The van der Waals surface area contributed by atoms with Gasteiger partial charge in [0.1, 0.15) is 12.4 Å². The summed E-state index contributed by atoms with van der Waals surface area (Å²) in [5, 5.41) is 7.62. The average Bonchev–Trinajstić information content (AvgIpc) is 3.16. The van der Waals surface area contributed by atoms with E-state index in [1.54, 1.807) is 11.6 Å². The molecule has 1 aliphatic rings. The number of nitrogens with zero attached hydrogens (tertiary/aromatic N) is 3. The number of rotatable bonds is 4. The van der Waals surface area contributed by atoms with Gasteiger partial charge < -0.3 is 10.1 Å². The maximum Gasteiger partial charge on any atom is 0.338 e. The van der Waals surface area contributed by atoms with E-state index in [0.717, 1.165) is 16.7 Å². The summed E-state index contributed by atoms with van der Waals surface area (Å²) < 4.78 is 7.13. The lowest BCUT2D eigenvalue weighted by Crippen LogP contribution is -2.30. The van der Waals surface area contributed by atoms with Crippen LogP contribution in [-0.4, -0.2) is 27.3 Å². The number of hydrogen-bond donors (Lipinski definition) is 1. The summed E-state index contributed by atoms with van der Waals surface area (Å²) in [6.45, 7) is 4.14. The van der Waals surface area contributed by atoms with Gasteiger partial charge >= 0.3 is 5.97 Å². The Kier molecular flexibility index (Phi) is 4.46. The van der Waals surface area contributed by atoms with Crippen molar-refractivity contribution in [2.24, 2.45) is 0 Å². The maximum atomic E-state index is 13.0. The average molecular weight is 360 g/mol. The Morgan fingerprint density at radius 2 is 1.89 bits per heavy atom. The van der Waals surface area contributed by atoms with Crippen LogP contribution in [0.1, 0.15) is 29.7 Å². The molecule has 0 radical (unpaired) electrons. The van der Waals surface area contributed by atoms with Crippen LogP contribution in [0.3, 0.4) is 0 Å². The molecule has 6 nitrogen and oxygen atoms in total. The monoisotopic (exact) mass is 360 g/mol. The first-order chi connectivity index (χ1) is 13.2. The summed E-state index contributed by atoms with van der Waals surface area (Å²) >= 11 is 0. The second-order valence-corrected chi connectivity index (χ2v) is 6.34. The molecule has 0 amide bonds. The van der Waals surface area contributed by atoms with Crippen LogP contribution >= 0.6 is 0 Å². The number of anilines is 1. The molecule has 1 N–H and O–H groups in total. The van der Waals surface area contributed by atoms with Crippen molar-refractivity contribution in [2.75, 3.05) is 11.9 Å². The van der Waals surface area contributed by atoms with E-state index in [2.05, 4.69) is 15.4 Å². The molecule has 27 heavy (non-hydrogen) atoms. The van der Waals surface area contributed by atoms with Crippen LogP contribution < -0.4 is 5.32 Å². The first kappa shape index (κ1) is 17.0. The van der Waals surface area contributed by atoms with Crippen LogP contribution in [0.25, 0.3) is 5.70 Å². The number of carbonyl (C=O) groups excluding carboxylic acids is 1. The first-order valence-corrected chi connectivity index (χ1v) is 8.89. The zero-order valence-electron chi connectivity index (χ0n) is 15.2. The minimum atomic E-state index is -0.418. The molecule has 1 atom stereocenters. The summed E-state index contributed by atoms with van der Waals surface area (Å²) in [5.74, 6) is 0.225. The smallest absolute Gasteiger partial charge is 0.338 e. The van der Waals surface area contributed by atoms with Gasteiger partial charge in [0.2, 0.25) is 5.95 Å². The van der Waals surface area contributed by atoms with Crippen molar-refractivity contribution >= 4 is 17.6 Å². The van der Waals surface area contributed by atoms with Gasteiger partial charge in [-0.1, -0.05) is 60.2 Å². The highest BCUT2D eigenvalue weighted by molar-refractivity contribution is 6.02. The summed E-state index contributed by atoms with van der Waals surface area (Å²) in [5.41, 5.74) is 4.21. The predicted molar refractivity (Wildman–Crippen MR) is 103 cm³/mol. The van der Waals surface area contributed by atoms with Crippen molar-refractivity contribution in [3.8, 4) is 0 Å². The third kappa shape index (κ3) is 3.10. The van der Waals surface area contributed by atoms with Crippen molar-refractivity contribution in [1.29, 1.82) is 0 Å². The molecule has 1 aromatic heterocycles. The van der Waals surface area contributed by atoms with Crippen LogP contribution in [0.4, 0.5) is 5.95 Å². The predicted octanol–water partition coefficient (Wildman–Crippen LogP) is 3.58. The lowest BCUT2D eigenvalue weighted by molar-refractivity contribution is -0.138. The molecule has 0 aliphatic carbocycles. The number of carbonyl (C=O) groups is 1. The molecule has 136 valence electrons. The van der Waals surface area contributed by atoms with E-state index in [1.165, 1.54) is 6.33 Å². The molecule has 0 bridgehead atoms. The molecule has 0 unspecified atom stereocenters. The molecule has 3 aromatic rings. The van der Waals surface area contributed by atoms with Crippen molar-refractivity contribution in [1.82, 2.24) is 14.8 Å². The van der Waals surface area contributed by atoms with Gasteiger partial charge in [-0.25, -0.2) is 9.48 Å². The quantitative estimate of drug-likeness (QED) is 0.720. The maximum absolute atomic E-state index is 13.0. The van der Waals surface area contributed by atoms with Crippen LogP contribution in [-0.2, 0) is 9.53 Å². The third-order valence-corrected chi connectivity index (χ3v) is 4.55. The van der Waals surface area contributed by atoms with Crippen LogP contribution in [0.5, 0.6) is 0 Å². The molecule has 4 rings (SSSR count). The van der Waals surface area contributed by atoms with Gasteiger partial charge in [0, 0.05) is 0 Å². The number of fused-ring (bicyclic) bond motifs is 1. The molecule has 2 aromatic carbocycles. The van der Waals surface area contributed by atoms with Crippen molar-refractivity contribution in [2.45, 2.75) is 19.9 Å². The van der Waals surface area contributed by atoms with E-state index in [4.69, 9.17) is 4.74 Å². The minimum Gasteiger partial charge on any atom is -0.463 e. The number of esters is 1. The molecule has 1 aliphatic heterocycles. The van der Waals surface area contributed by atoms with E-state index in [-0.39, 0.29) is 5.97 Å². The Balaban J connectivity index is 1.95. The Labute approximate surface area is 157 Å². The molecule has 0 spiro atoms. The highest BCUT2D eigenvalue weighted by atomic mass is 16.5. The largest absolute Gasteiger partial charge is 0.463 e. The van der Waals surface area contributed by atoms with E-state index in [0.29, 0.717) is 23.8 Å². The van der Waals surface area contributed by atoms with E-state index < -0.39 is 6.04 Å². The van der Waals surface area contributed by atoms with E-state index in [1.807, 2.05) is 61.5 Å². The van der Waals surface area contributed by atoms with Gasteiger partial charge in [-0.05, 0) is 25.0 Å². The van der Waals surface area contributed by atoms with Crippen LogP contribution in [0.2, 0.25) is 0 Å². The van der Waals surface area contributed by atoms with Gasteiger partial charge in [-0.2, -0.15) is 10.1 Å². The highest BCUT2D eigenvalue weighted by Gasteiger charge is 2.36. The van der Waals surface area contributed by atoms with Crippen LogP contribution in [0.15, 0.2) is 66.5 Å². The molecule has 2 heterocycles. The lowest BCUT2D eigenvalue weighted by Gasteiger charge is -2.29. The van der Waals surface area contributed by atoms with Gasteiger partial charge in [0.15, 0.2) is 0 Å². The Hall–Kier alpha value is -3.41. The van der Waals surface area contributed by atoms with Gasteiger partial charge in [0.25, 0.3) is 0 Å². The Morgan fingerprint density at radius 3 is 2.59 bits per heavy atom. The molecular formula is C21H20N4O2. The molecule has 0 saturated heterocycles. The summed E-state index contributed by atoms with van der Waals surface area (Å²) in [4.78, 5) is 17.3. The summed E-state index contributed by atoms with van der Waals surface area (Å²) in [6.07, 6.45) is 1.49. The van der Waals surface area contributed by atoms with Gasteiger partial charge in [-0.15, -0.1) is 0 Å². The van der Waals surface area contributed by atoms with Gasteiger partial charge in [-0.3, -0.25) is 0 Å². The summed E-state index contributed by atoms with van der Waals surface area (Å²) in [6, 6.07) is 17.4. The number of ether oxygens (including phenoxy) is 1. The normalized spacial score (nSPS) is 15.9. The topological polar surface area (TPSA) is 69.0 Å². The molecular weight excluding hydrogens is 340 g/mol.